The number of hydrogen-bond acceptors (Lipinski definition) is 4. The predicted octanol–water partition coefficient (Wildman–Crippen LogP) is 1.09. The molecule has 2 N–H and O–H groups in total. The average molecular weight is 229 g/mol. The van der Waals surface area contributed by atoms with Gasteiger partial charge in [-0.15, -0.1) is 0 Å². The summed E-state index contributed by atoms with van der Waals surface area (Å²) >= 11 is 5.77. The van der Waals surface area contributed by atoms with Crippen LogP contribution in [0.1, 0.15) is 11.1 Å². The zero-order chi connectivity index (χ0) is 11.4. The molecular weight excluding hydrogens is 216 g/mol. The van der Waals surface area contributed by atoms with Crippen LogP contribution in [0, 0.1) is 6.92 Å². The Morgan fingerprint density at radius 1 is 1.73 bits per heavy atom. The molecule has 1 aromatic rings. The van der Waals surface area contributed by atoms with Crippen LogP contribution in [0.25, 0.3) is 0 Å². The van der Waals surface area contributed by atoms with E-state index in [0.717, 1.165) is 11.1 Å². The molecule has 5 heteroatoms. The second kappa shape index (κ2) is 5.09. The van der Waals surface area contributed by atoms with E-state index in [1.165, 1.54) is 7.11 Å². The highest BCUT2D eigenvalue weighted by molar-refractivity contribution is 6.30. The van der Waals surface area contributed by atoms with Gasteiger partial charge in [0.15, 0.2) is 0 Å². The van der Waals surface area contributed by atoms with Crippen molar-refractivity contribution in [2.75, 3.05) is 7.11 Å². The Labute approximate surface area is 93.4 Å². The highest BCUT2D eigenvalue weighted by atomic mass is 35.5. The minimum Gasteiger partial charge on any atom is -0.468 e. The molecule has 4 nitrogen and oxygen atoms in total. The van der Waals surface area contributed by atoms with E-state index in [0.29, 0.717) is 11.6 Å². The molecule has 0 aliphatic heterocycles. The molecule has 0 aliphatic rings. The number of pyridine rings is 1. The molecule has 0 saturated heterocycles. The second-order valence-electron chi connectivity index (χ2n) is 3.29. The minimum atomic E-state index is -0.655. The summed E-state index contributed by atoms with van der Waals surface area (Å²) in [5.41, 5.74) is 7.35. The number of carbonyl (C=O) groups is 1. The van der Waals surface area contributed by atoms with Gasteiger partial charge in [-0.3, -0.25) is 4.79 Å². The van der Waals surface area contributed by atoms with Gasteiger partial charge in [0.25, 0.3) is 0 Å². The van der Waals surface area contributed by atoms with Crippen molar-refractivity contribution in [1.82, 2.24) is 4.98 Å². The Morgan fingerprint density at radius 2 is 2.40 bits per heavy atom. The molecule has 0 bridgehead atoms. The van der Waals surface area contributed by atoms with Crippen LogP contribution < -0.4 is 5.73 Å². The second-order valence-corrected chi connectivity index (χ2v) is 3.64. The molecule has 0 aliphatic carbocycles. The number of carbonyl (C=O) groups excluding carboxylic acids is 1. The third kappa shape index (κ3) is 3.18. The summed E-state index contributed by atoms with van der Waals surface area (Å²) in [5, 5.41) is 0.463. The van der Waals surface area contributed by atoms with Gasteiger partial charge in [0.2, 0.25) is 0 Å². The standard InChI is InChI=1S/C10H13ClN2O2/c1-6-3-7(5-13-9(6)11)4-8(12)10(14)15-2/h3,5,8H,4,12H2,1-2H3/t8-/m0/s1. The highest BCUT2D eigenvalue weighted by Crippen LogP contribution is 2.13. The largest absolute Gasteiger partial charge is 0.468 e. The normalized spacial score (nSPS) is 12.3. The Hall–Kier alpha value is -1.13. The van der Waals surface area contributed by atoms with Crippen molar-refractivity contribution in [1.29, 1.82) is 0 Å². The van der Waals surface area contributed by atoms with Gasteiger partial charge in [-0.1, -0.05) is 17.7 Å². The van der Waals surface area contributed by atoms with E-state index in [2.05, 4.69) is 9.72 Å². The van der Waals surface area contributed by atoms with Crippen molar-refractivity contribution < 1.29 is 9.53 Å². The molecule has 0 fully saturated rings. The molecular formula is C10H13ClN2O2. The summed E-state index contributed by atoms with van der Waals surface area (Å²) in [6, 6.07) is 1.20. The molecule has 1 aromatic heterocycles. The number of esters is 1. The predicted molar refractivity (Wildman–Crippen MR) is 57.7 cm³/mol. The lowest BCUT2D eigenvalue weighted by Gasteiger charge is -2.09. The van der Waals surface area contributed by atoms with Gasteiger partial charge in [0, 0.05) is 6.20 Å². The van der Waals surface area contributed by atoms with Crippen LogP contribution in [0.2, 0.25) is 5.15 Å². The number of nitrogens with two attached hydrogens (primary N) is 1. The van der Waals surface area contributed by atoms with Crippen LogP contribution in [-0.4, -0.2) is 24.1 Å². The fraction of sp³-hybridized carbons (Fsp3) is 0.400. The topological polar surface area (TPSA) is 65.2 Å². The van der Waals surface area contributed by atoms with Gasteiger partial charge in [-0.25, -0.2) is 4.98 Å². The number of ether oxygens (including phenoxy) is 1. The Morgan fingerprint density at radius 3 is 2.93 bits per heavy atom. The van der Waals surface area contributed by atoms with Crippen molar-refractivity contribution in [3.05, 3.63) is 28.5 Å². The zero-order valence-electron chi connectivity index (χ0n) is 8.66. The first-order valence-electron chi connectivity index (χ1n) is 4.49. The minimum absolute atomic E-state index is 0.400. The lowest BCUT2D eigenvalue weighted by atomic mass is 10.1. The Balaban J connectivity index is 2.73. The Bertz CT molecular complexity index is 368. The van der Waals surface area contributed by atoms with Crippen LogP contribution in [0.4, 0.5) is 0 Å². The van der Waals surface area contributed by atoms with Crippen LogP contribution in [0.5, 0.6) is 0 Å². The summed E-state index contributed by atoms with van der Waals surface area (Å²) in [5.74, 6) is -0.428. The number of halogens is 1. The summed E-state index contributed by atoms with van der Waals surface area (Å²) in [4.78, 5) is 15.0. The first-order valence-corrected chi connectivity index (χ1v) is 4.87. The molecule has 1 heterocycles. The maximum atomic E-state index is 11.1. The van der Waals surface area contributed by atoms with Crippen LogP contribution in [-0.2, 0) is 16.0 Å². The summed E-state index contributed by atoms with van der Waals surface area (Å²) in [7, 11) is 1.31. The van der Waals surface area contributed by atoms with Gasteiger partial charge in [-0.05, 0) is 24.5 Å². The highest BCUT2D eigenvalue weighted by Gasteiger charge is 2.14. The number of aromatic nitrogens is 1. The molecule has 0 amide bonds. The number of aryl methyl sites for hydroxylation is 1. The third-order valence-corrected chi connectivity index (χ3v) is 2.43. The first kappa shape index (κ1) is 11.9. The molecule has 0 spiro atoms. The molecule has 0 unspecified atom stereocenters. The fourth-order valence-electron chi connectivity index (χ4n) is 1.22. The van der Waals surface area contributed by atoms with E-state index in [-0.39, 0.29) is 0 Å². The molecule has 1 atom stereocenters. The van der Waals surface area contributed by atoms with Crippen molar-refractivity contribution in [2.45, 2.75) is 19.4 Å². The maximum Gasteiger partial charge on any atom is 0.322 e. The van der Waals surface area contributed by atoms with E-state index in [9.17, 15) is 4.79 Å². The van der Waals surface area contributed by atoms with Crippen LogP contribution >= 0.6 is 11.6 Å². The molecule has 15 heavy (non-hydrogen) atoms. The molecule has 82 valence electrons. The molecule has 0 aromatic carbocycles. The monoisotopic (exact) mass is 228 g/mol. The molecule has 1 rings (SSSR count). The number of nitrogens with zero attached hydrogens (tertiary/aromatic N) is 1. The first-order chi connectivity index (χ1) is 7.04. The van der Waals surface area contributed by atoms with Gasteiger partial charge < -0.3 is 10.5 Å². The number of methoxy groups -OCH3 is 1. The van der Waals surface area contributed by atoms with E-state index >= 15 is 0 Å². The summed E-state index contributed by atoms with van der Waals surface area (Å²) in [6.07, 6.45) is 2.01. The Kier molecular flexibility index (Phi) is 4.05. The van der Waals surface area contributed by atoms with Crippen molar-refractivity contribution in [2.24, 2.45) is 5.73 Å². The van der Waals surface area contributed by atoms with E-state index in [1.807, 2.05) is 13.0 Å². The lowest BCUT2D eigenvalue weighted by molar-refractivity contribution is -0.142. The van der Waals surface area contributed by atoms with E-state index in [1.54, 1.807) is 6.20 Å². The maximum absolute atomic E-state index is 11.1. The third-order valence-electron chi connectivity index (χ3n) is 2.03. The van der Waals surface area contributed by atoms with E-state index in [4.69, 9.17) is 17.3 Å². The lowest BCUT2D eigenvalue weighted by Crippen LogP contribution is -2.33. The van der Waals surface area contributed by atoms with Gasteiger partial charge >= 0.3 is 5.97 Å². The zero-order valence-corrected chi connectivity index (χ0v) is 9.41. The SMILES string of the molecule is COC(=O)[C@@H](N)Cc1cnc(Cl)c(C)c1. The van der Waals surface area contributed by atoms with Gasteiger partial charge in [-0.2, -0.15) is 0 Å². The van der Waals surface area contributed by atoms with Crippen molar-refractivity contribution >= 4 is 17.6 Å². The van der Waals surface area contributed by atoms with Gasteiger partial charge in [0.1, 0.15) is 11.2 Å². The van der Waals surface area contributed by atoms with Crippen LogP contribution in [0.15, 0.2) is 12.3 Å². The smallest absolute Gasteiger partial charge is 0.322 e. The van der Waals surface area contributed by atoms with Gasteiger partial charge in [0.05, 0.1) is 7.11 Å². The average Bonchev–Trinajstić information content (AvgIpc) is 2.22. The quantitative estimate of drug-likeness (QED) is 0.621. The number of hydrogen-bond donors (Lipinski definition) is 1. The number of rotatable bonds is 3. The fourth-order valence-corrected chi connectivity index (χ4v) is 1.32. The molecule has 0 radical (unpaired) electrons. The van der Waals surface area contributed by atoms with Crippen molar-refractivity contribution in [3.8, 4) is 0 Å². The summed E-state index contributed by atoms with van der Waals surface area (Å²) in [6.45, 7) is 1.85. The molecule has 0 saturated carbocycles. The van der Waals surface area contributed by atoms with Crippen molar-refractivity contribution in [3.63, 3.8) is 0 Å². The van der Waals surface area contributed by atoms with Crippen LogP contribution in [0.3, 0.4) is 0 Å². The summed E-state index contributed by atoms with van der Waals surface area (Å²) < 4.78 is 4.53. The van der Waals surface area contributed by atoms with E-state index < -0.39 is 12.0 Å².